The number of anilines is 1. The minimum absolute atomic E-state index is 0.0455. The lowest BCUT2D eigenvalue weighted by Gasteiger charge is -2.34. The Kier molecular flexibility index (Phi) is 6.71. The van der Waals surface area contributed by atoms with Gasteiger partial charge in [0.2, 0.25) is 0 Å². The monoisotopic (exact) mass is 450 g/mol. The third-order valence-electron chi connectivity index (χ3n) is 6.15. The smallest absolute Gasteiger partial charge is 0.269 e. The molecule has 1 aromatic heterocycles. The molecule has 9 heteroatoms. The molecule has 1 N–H and O–H groups in total. The van der Waals surface area contributed by atoms with Gasteiger partial charge in [-0.25, -0.2) is 4.98 Å². The number of piperazine rings is 1. The van der Waals surface area contributed by atoms with Crippen molar-refractivity contribution in [3.63, 3.8) is 0 Å². The molecule has 33 heavy (non-hydrogen) atoms. The molecular formula is C24H30N6O3. The largest absolute Gasteiger partial charge is 0.324 e. The quantitative estimate of drug-likeness (QED) is 0.433. The van der Waals surface area contributed by atoms with E-state index in [0.717, 1.165) is 56.1 Å². The first kappa shape index (κ1) is 22.9. The molecule has 0 saturated carbocycles. The number of carbonyl (C=O) groups excluding carboxylic acids is 1. The van der Waals surface area contributed by atoms with Gasteiger partial charge in [0.25, 0.3) is 11.6 Å². The molecule has 1 fully saturated rings. The minimum atomic E-state index is -0.484. The Morgan fingerprint density at radius 3 is 2.36 bits per heavy atom. The first-order chi connectivity index (χ1) is 15.9. The molecule has 2 aromatic carbocycles. The number of fused-ring (bicyclic) bond motifs is 1. The fraction of sp³-hybridized carbons (Fsp3) is 0.417. The minimum Gasteiger partial charge on any atom is -0.324 e. The van der Waals surface area contributed by atoms with Crippen LogP contribution in [0.5, 0.6) is 0 Å². The predicted octanol–water partition coefficient (Wildman–Crippen LogP) is 3.92. The Morgan fingerprint density at radius 2 is 1.76 bits per heavy atom. The molecule has 2 heterocycles. The van der Waals surface area contributed by atoms with Gasteiger partial charge in [-0.2, -0.15) is 0 Å². The maximum atomic E-state index is 12.6. The number of aromatic nitrogens is 2. The Hall–Kier alpha value is -3.30. The molecule has 4 rings (SSSR count). The third-order valence-corrected chi connectivity index (χ3v) is 6.15. The molecule has 0 bridgehead atoms. The van der Waals surface area contributed by atoms with E-state index in [1.807, 2.05) is 18.2 Å². The Labute approximate surface area is 193 Å². The van der Waals surface area contributed by atoms with Crippen LogP contribution in [0.2, 0.25) is 0 Å². The van der Waals surface area contributed by atoms with Gasteiger partial charge in [-0.05, 0) is 50.7 Å². The average molecular weight is 451 g/mol. The van der Waals surface area contributed by atoms with Crippen molar-refractivity contribution < 1.29 is 9.72 Å². The average Bonchev–Trinajstić information content (AvgIpc) is 3.16. The van der Waals surface area contributed by atoms with Gasteiger partial charge in [0, 0.05) is 55.6 Å². The number of likely N-dealkylation sites (N-methyl/N-ethyl adjacent to an activating group) is 1. The molecule has 3 aromatic rings. The summed E-state index contributed by atoms with van der Waals surface area (Å²) < 4.78 is 2.27. The van der Waals surface area contributed by atoms with E-state index in [1.165, 1.54) is 24.3 Å². The number of nitrogens with one attached hydrogen (secondary N) is 1. The Morgan fingerprint density at radius 1 is 1.09 bits per heavy atom. The van der Waals surface area contributed by atoms with Gasteiger partial charge in [0.15, 0.2) is 0 Å². The molecule has 0 unspecified atom stereocenters. The lowest BCUT2D eigenvalue weighted by molar-refractivity contribution is -0.384. The number of imidazole rings is 1. The van der Waals surface area contributed by atoms with Crippen LogP contribution in [0.3, 0.4) is 0 Å². The van der Waals surface area contributed by atoms with Crippen LogP contribution in [0.25, 0.3) is 11.0 Å². The zero-order valence-electron chi connectivity index (χ0n) is 19.3. The summed E-state index contributed by atoms with van der Waals surface area (Å²) in [6.45, 7) is 12.6. The van der Waals surface area contributed by atoms with E-state index in [-0.39, 0.29) is 17.6 Å². The lowest BCUT2D eigenvalue weighted by atomic mass is 10.2. The van der Waals surface area contributed by atoms with Crippen LogP contribution >= 0.6 is 0 Å². The van der Waals surface area contributed by atoms with Crippen molar-refractivity contribution in [3.8, 4) is 0 Å². The lowest BCUT2D eigenvalue weighted by Crippen LogP contribution is -2.45. The summed E-state index contributed by atoms with van der Waals surface area (Å²) in [7, 11) is 0. The second-order valence-electron chi connectivity index (χ2n) is 8.66. The molecule has 0 spiro atoms. The second kappa shape index (κ2) is 9.68. The summed E-state index contributed by atoms with van der Waals surface area (Å²) in [5, 5.41) is 13.7. The van der Waals surface area contributed by atoms with E-state index in [2.05, 4.69) is 40.5 Å². The Balaban J connectivity index is 1.53. The van der Waals surface area contributed by atoms with Crippen molar-refractivity contribution >= 4 is 28.3 Å². The van der Waals surface area contributed by atoms with E-state index in [4.69, 9.17) is 4.98 Å². The SMILES string of the molecule is CCN1CCN(Cc2nc3cc(NC(=O)c4ccc([N+](=O)[O-])cc4)ccc3n2C(C)C)CC1. The highest BCUT2D eigenvalue weighted by Gasteiger charge is 2.20. The van der Waals surface area contributed by atoms with Crippen LogP contribution < -0.4 is 5.32 Å². The number of hydrogen-bond acceptors (Lipinski definition) is 6. The van der Waals surface area contributed by atoms with E-state index in [9.17, 15) is 14.9 Å². The summed E-state index contributed by atoms with van der Waals surface area (Å²) in [5.41, 5.74) is 2.84. The molecule has 9 nitrogen and oxygen atoms in total. The maximum absolute atomic E-state index is 12.6. The molecule has 0 aliphatic carbocycles. The van der Waals surface area contributed by atoms with Gasteiger partial charge in [-0.1, -0.05) is 6.92 Å². The van der Waals surface area contributed by atoms with Crippen LogP contribution in [-0.2, 0) is 6.54 Å². The third kappa shape index (κ3) is 5.04. The van der Waals surface area contributed by atoms with Crippen LogP contribution in [0.1, 0.15) is 43.0 Å². The highest BCUT2D eigenvalue weighted by molar-refractivity contribution is 6.05. The summed E-state index contributed by atoms with van der Waals surface area (Å²) in [5.74, 6) is 0.713. The number of non-ortho nitro benzene ring substituents is 1. The fourth-order valence-corrected chi connectivity index (χ4v) is 4.32. The summed E-state index contributed by atoms with van der Waals surface area (Å²) in [6.07, 6.45) is 0. The molecule has 174 valence electrons. The van der Waals surface area contributed by atoms with E-state index < -0.39 is 4.92 Å². The molecule has 1 aliphatic heterocycles. The molecule has 1 amide bonds. The number of hydrogen-bond donors (Lipinski definition) is 1. The first-order valence-electron chi connectivity index (χ1n) is 11.4. The van der Waals surface area contributed by atoms with Crippen molar-refractivity contribution in [2.75, 3.05) is 38.0 Å². The van der Waals surface area contributed by atoms with Crippen LogP contribution in [-0.4, -0.2) is 62.9 Å². The fourth-order valence-electron chi connectivity index (χ4n) is 4.32. The molecule has 1 aliphatic rings. The second-order valence-corrected chi connectivity index (χ2v) is 8.66. The normalized spacial score (nSPS) is 15.3. The van der Waals surface area contributed by atoms with E-state index in [0.29, 0.717) is 11.3 Å². The number of amides is 1. The summed E-state index contributed by atoms with van der Waals surface area (Å²) >= 11 is 0. The first-order valence-corrected chi connectivity index (χ1v) is 11.4. The maximum Gasteiger partial charge on any atom is 0.269 e. The number of nitrogens with zero attached hydrogens (tertiary/aromatic N) is 5. The van der Waals surface area contributed by atoms with E-state index >= 15 is 0 Å². The summed E-state index contributed by atoms with van der Waals surface area (Å²) in [4.78, 5) is 32.8. The van der Waals surface area contributed by atoms with Crippen molar-refractivity contribution in [3.05, 3.63) is 64.0 Å². The highest BCUT2D eigenvalue weighted by atomic mass is 16.6. The van der Waals surface area contributed by atoms with Crippen molar-refractivity contribution in [2.45, 2.75) is 33.4 Å². The van der Waals surface area contributed by atoms with Crippen LogP contribution in [0, 0.1) is 10.1 Å². The number of nitro groups is 1. The van der Waals surface area contributed by atoms with Gasteiger partial charge in [-0.3, -0.25) is 19.8 Å². The zero-order valence-corrected chi connectivity index (χ0v) is 19.3. The van der Waals surface area contributed by atoms with Gasteiger partial charge in [-0.15, -0.1) is 0 Å². The van der Waals surface area contributed by atoms with Gasteiger partial charge in [0.1, 0.15) is 5.82 Å². The molecule has 0 atom stereocenters. The molecule has 1 saturated heterocycles. The van der Waals surface area contributed by atoms with Crippen LogP contribution in [0.15, 0.2) is 42.5 Å². The van der Waals surface area contributed by atoms with Crippen molar-refractivity contribution in [1.82, 2.24) is 19.4 Å². The number of benzene rings is 2. The molecule has 0 radical (unpaired) electrons. The standard InChI is InChI=1S/C24H30N6O3/c1-4-27-11-13-28(14-12-27)16-23-26-21-15-19(7-10-22(21)29(23)17(2)3)25-24(31)18-5-8-20(9-6-18)30(32)33/h5-10,15,17H,4,11-14,16H2,1-3H3,(H,25,31). The Bertz CT molecular complexity index is 1150. The number of nitro benzene ring substituents is 1. The van der Waals surface area contributed by atoms with Gasteiger partial charge < -0.3 is 14.8 Å². The van der Waals surface area contributed by atoms with E-state index in [1.54, 1.807) is 0 Å². The zero-order chi connectivity index (χ0) is 23.5. The van der Waals surface area contributed by atoms with Crippen LogP contribution in [0.4, 0.5) is 11.4 Å². The van der Waals surface area contributed by atoms with Gasteiger partial charge in [0.05, 0.1) is 22.5 Å². The van der Waals surface area contributed by atoms with Gasteiger partial charge >= 0.3 is 0 Å². The highest BCUT2D eigenvalue weighted by Crippen LogP contribution is 2.25. The number of carbonyl (C=O) groups is 1. The van der Waals surface area contributed by atoms with Crippen molar-refractivity contribution in [2.24, 2.45) is 0 Å². The summed E-state index contributed by atoms with van der Waals surface area (Å²) in [6, 6.07) is 11.6. The number of rotatable bonds is 7. The molecular weight excluding hydrogens is 420 g/mol. The topological polar surface area (TPSA) is 96.5 Å². The van der Waals surface area contributed by atoms with Crippen molar-refractivity contribution in [1.29, 1.82) is 0 Å². The predicted molar refractivity (Wildman–Crippen MR) is 129 cm³/mol.